The fourth-order valence-electron chi connectivity index (χ4n) is 2.81. The Morgan fingerprint density at radius 2 is 1.46 bits per heavy atom. The molecule has 0 amide bonds. The Bertz CT molecular complexity index is 1050. The van der Waals surface area contributed by atoms with Gasteiger partial charge >= 0.3 is 5.97 Å². The van der Waals surface area contributed by atoms with Crippen LogP contribution < -0.4 is 4.74 Å². The lowest BCUT2D eigenvalue weighted by molar-refractivity contribution is -0.136. The van der Waals surface area contributed by atoms with Gasteiger partial charge in [0.1, 0.15) is 0 Å². The predicted molar refractivity (Wildman–Crippen MR) is 93.4 cm³/mol. The smallest absolute Gasteiger partial charge is 0.319 e. The molecule has 0 heterocycles. The summed E-state index contributed by atoms with van der Waals surface area (Å²) in [7, 11) is 0. The molecule has 0 aromatic heterocycles. The Labute approximate surface area is 156 Å². The molecule has 2 nitrogen and oxygen atoms in total. The van der Waals surface area contributed by atoms with Gasteiger partial charge < -0.3 is 4.74 Å². The Morgan fingerprint density at radius 1 is 0.893 bits per heavy atom. The molecule has 0 saturated carbocycles. The molecule has 0 fully saturated rings. The molecule has 3 aromatic carbocycles. The van der Waals surface area contributed by atoms with E-state index < -0.39 is 46.7 Å². The van der Waals surface area contributed by atoms with E-state index in [0.29, 0.717) is 5.56 Å². The first-order valence-electron chi connectivity index (χ1n) is 8.17. The van der Waals surface area contributed by atoms with E-state index in [-0.39, 0.29) is 6.42 Å². The van der Waals surface area contributed by atoms with Gasteiger partial charge in [-0.15, -0.1) is 6.58 Å². The summed E-state index contributed by atoms with van der Waals surface area (Å²) in [5, 5.41) is 1.70. The average Bonchev–Trinajstić information content (AvgIpc) is 2.71. The van der Waals surface area contributed by atoms with E-state index in [1.807, 2.05) is 12.1 Å². The number of rotatable bonds is 5. The Balaban J connectivity index is 1.99. The zero-order valence-corrected chi connectivity index (χ0v) is 14.3. The Hall–Kier alpha value is -3.22. The van der Waals surface area contributed by atoms with Crippen molar-refractivity contribution in [2.24, 2.45) is 0 Å². The number of benzene rings is 3. The molecule has 0 radical (unpaired) electrons. The largest absolute Gasteiger partial charge is 0.420 e. The van der Waals surface area contributed by atoms with Crippen molar-refractivity contribution in [2.45, 2.75) is 12.3 Å². The van der Waals surface area contributed by atoms with E-state index in [0.717, 1.165) is 10.8 Å². The van der Waals surface area contributed by atoms with Crippen molar-refractivity contribution in [3.63, 3.8) is 0 Å². The van der Waals surface area contributed by atoms with Crippen molar-refractivity contribution in [3.8, 4) is 5.75 Å². The number of allylic oxidation sites excluding steroid dienone is 1. The highest BCUT2D eigenvalue weighted by atomic mass is 19.2. The maximum absolute atomic E-state index is 13.8. The second-order valence-corrected chi connectivity index (χ2v) is 6.00. The van der Waals surface area contributed by atoms with Gasteiger partial charge in [0.15, 0.2) is 0 Å². The minimum Gasteiger partial charge on any atom is -0.420 e. The van der Waals surface area contributed by atoms with Crippen LogP contribution in [0, 0.1) is 29.1 Å². The first-order valence-corrected chi connectivity index (χ1v) is 8.17. The second-order valence-electron chi connectivity index (χ2n) is 6.00. The zero-order chi connectivity index (χ0) is 20.4. The summed E-state index contributed by atoms with van der Waals surface area (Å²) in [5.41, 5.74) is 0.451. The minimum absolute atomic E-state index is 0.0343. The van der Waals surface area contributed by atoms with Crippen molar-refractivity contribution in [3.05, 3.63) is 89.8 Å². The van der Waals surface area contributed by atoms with Crippen molar-refractivity contribution in [1.29, 1.82) is 0 Å². The van der Waals surface area contributed by atoms with E-state index in [2.05, 4.69) is 11.3 Å². The summed E-state index contributed by atoms with van der Waals surface area (Å²) < 4.78 is 72.0. The molecule has 0 aliphatic rings. The Kier molecular flexibility index (Phi) is 5.44. The third-order valence-electron chi connectivity index (χ3n) is 4.23. The van der Waals surface area contributed by atoms with Crippen molar-refractivity contribution in [2.75, 3.05) is 0 Å². The number of ether oxygens (including phenoxy) is 1. The van der Waals surface area contributed by atoms with Crippen LogP contribution in [0.2, 0.25) is 0 Å². The average molecular weight is 392 g/mol. The third kappa shape index (κ3) is 3.47. The van der Waals surface area contributed by atoms with Gasteiger partial charge in [-0.25, -0.2) is 13.2 Å². The normalized spacial score (nSPS) is 12.0. The summed E-state index contributed by atoms with van der Waals surface area (Å²) in [5.74, 6) is -15.0. The molecular formula is C21H13F5O2. The monoisotopic (exact) mass is 392 g/mol. The minimum atomic E-state index is -2.33. The van der Waals surface area contributed by atoms with Gasteiger partial charge in [-0.05, 0) is 22.8 Å². The second kappa shape index (κ2) is 7.80. The number of carbonyl (C=O) groups excluding carboxylic acids is 1. The van der Waals surface area contributed by atoms with Crippen LogP contribution >= 0.6 is 0 Å². The SMILES string of the molecule is C=CC[C@@H](C(=O)Oc1c(F)c(F)c(F)c(F)c1F)c1ccc2ccccc2c1. The van der Waals surface area contributed by atoms with Crippen molar-refractivity contribution >= 4 is 16.7 Å². The molecule has 3 rings (SSSR count). The molecule has 0 saturated heterocycles. The number of hydrogen-bond donors (Lipinski definition) is 0. The van der Waals surface area contributed by atoms with Crippen LogP contribution in [0.15, 0.2) is 55.1 Å². The fourth-order valence-corrected chi connectivity index (χ4v) is 2.81. The molecule has 3 aromatic rings. The van der Waals surface area contributed by atoms with E-state index >= 15 is 0 Å². The van der Waals surface area contributed by atoms with Gasteiger partial charge in [-0.3, -0.25) is 4.79 Å². The van der Waals surface area contributed by atoms with Crippen molar-refractivity contribution < 1.29 is 31.5 Å². The van der Waals surface area contributed by atoms with Crippen LogP contribution in [0.25, 0.3) is 10.8 Å². The third-order valence-corrected chi connectivity index (χ3v) is 4.23. The van der Waals surface area contributed by atoms with Crippen LogP contribution in [-0.2, 0) is 4.79 Å². The standard InChI is InChI=1S/C21H13F5O2/c1-2-5-14(13-9-8-11-6-3-4-7-12(11)10-13)21(27)28-20-18(25)16(23)15(22)17(24)19(20)26/h2-4,6-10,14H,1,5H2/t14-/m1/s1. The molecule has 0 aliphatic carbocycles. The van der Waals surface area contributed by atoms with Gasteiger partial charge in [0.25, 0.3) is 0 Å². The maximum atomic E-state index is 13.8. The summed E-state index contributed by atoms with van der Waals surface area (Å²) in [6.07, 6.45) is 1.42. The van der Waals surface area contributed by atoms with Gasteiger partial charge in [0.2, 0.25) is 34.8 Å². The number of halogens is 5. The highest BCUT2D eigenvalue weighted by molar-refractivity contribution is 5.86. The highest BCUT2D eigenvalue weighted by Gasteiger charge is 2.31. The molecule has 0 bridgehead atoms. The van der Waals surface area contributed by atoms with E-state index in [4.69, 9.17) is 0 Å². The van der Waals surface area contributed by atoms with E-state index in [1.165, 1.54) is 6.08 Å². The molecule has 1 atom stereocenters. The molecule has 0 spiro atoms. The lowest BCUT2D eigenvalue weighted by Crippen LogP contribution is -2.20. The number of hydrogen-bond acceptors (Lipinski definition) is 2. The molecular weight excluding hydrogens is 379 g/mol. The molecule has 0 aliphatic heterocycles. The summed E-state index contributed by atoms with van der Waals surface area (Å²) in [6, 6.07) is 12.3. The number of esters is 1. The molecule has 0 unspecified atom stereocenters. The Morgan fingerprint density at radius 3 is 2.07 bits per heavy atom. The van der Waals surface area contributed by atoms with Crippen LogP contribution in [0.1, 0.15) is 17.9 Å². The summed E-state index contributed by atoms with van der Waals surface area (Å²) in [4.78, 5) is 12.5. The lowest BCUT2D eigenvalue weighted by atomic mass is 9.93. The molecule has 7 heteroatoms. The van der Waals surface area contributed by atoms with E-state index in [1.54, 1.807) is 30.3 Å². The van der Waals surface area contributed by atoms with Gasteiger partial charge in [-0.1, -0.05) is 48.5 Å². The zero-order valence-electron chi connectivity index (χ0n) is 14.3. The summed E-state index contributed by atoms with van der Waals surface area (Å²) in [6.45, 7) is 3.53. The lowest BCUT2D eigenvalue weighted by Gasteiger charge is -2.16. The maximum Gasteiger partial charge on any atom is 0.319 e. The van der Waals surface area contributed by atoms with Crippen LogP contribution in [0.3, 0.4) is 0 Å². The molecule has 28 heavy (non-hydrogen) atoms. The van der Waals surface area contributed by atoms with Gasteiger partial charge in [0.05, 0.1) is 5.92 Å². The van der Waals surface area contributed by atoms with E-state index in [9.17, 15) is 26.7 Å². The van der Waals surface area contributed by atoms with Crippen molar-refractivity contribution in [1.82, 2.24) is 0 Å². The van der Waals surface area contributed by atoms with Crippen LogP contribution in [0.4, 0.5) is 22.0 Å². The fraction of sp³-hybridized carbons (Fsp3) is 0.0952. The van der Waals surface area contributed by atoms with Gasteiger partial charge in [0, 0.05) is 0 Å². The number of fused-ring (bicyclic) bond motifs is 1. The van der Waals surface area contributed by atoms with Gasteiger partial charge in [-0.2, -0.15) is 8.78 Å². The quantitative estimate of drug-likeness (QED) is 0.137. The summed E-state index contributed by atoms with van der Waals surface area (Å²) >= 11 is 0. The number of carbonyl (C=O) groups is 1. The molecule has 144 valence electrons. The first-order chi connectivity index (χ1) is 13.3. The van der Waals surface area contributed by atoms with Crippen LogP contribution in [0.5, 0.6) is 5.75 Å². The first kappa shape index (κ1) is 19.5. The highest BCUT2D eigenvalue weighted by Crippen LogP contribution is 2.32. The topological polar surface area (TPSA) is 26.3 Å². The predicted octanol–water partition coefficient (Wildman–Crippen LogP) is 5.80. The molecule has 0 N–H and O–H groups in total. The van der Waals surface area contributed by atoms with Crippen LogP contribution in [-0.4, -0.2) is 5.97 Å².